The molecule has 0 saturated heterocycles. The van der Waals surface area contributed by atoms with Crippen LogP contribution in [0.25, 0.3) is 0 Å². The number of rotatable bonds is 5. The fraction of sp³-hybridized carbons (Fsp3) is 0.125. The molecule has 1 unspecified atom stereocenters. The van der Waals surface area contributed by atoms with Crippen molar-refractivity contribution in [2.75, 3.05) is 5.32 Å². The van der Waals surface area contributed by atoms with Crippen LogP contribution in [-0.2, 0) is 11.2 Å². The van der Waals surface area contributed by atoms with E-state index in [2.05, 4.69) is 5.32 Å². The van der Waals surface area contributed by atoms with E-state index in [1.807, 2.05) is 31.2 Å². The molecule has 3 aromatic rings. The SMILES string of the molecule is Cc1ccc(CC(C(=O)Nc2cccc(Cl)c2)N2C(=O)c3ccccc3C2=O)cc1. The van der Waals surface area contributed by atoms with Gasteiger partial charge in [-0.2, -0.15) is 0 Å². The minimum Gasteiger partial charge on any atom is -0.324 e. The Bertz CT molecular complexity index is 1110. The number of anilines is 1. The number of carbonyl (C=O) groups is 3. The molecule has 30 heavy (non-hydrogen) atoms. The van der Waals surface area contributed by atoms with Gasteiger partial charge in [0.25, 0.3) is 11.8 Å². The molecule has 3 amide bonds. The second-order valence-corrected chi connectivity index (χ2v) is 7.67. The van der Waals surface area contributed by atoms with Crippen molar-refractivity contribution in [3.05, 3.63) is 100 Å². The largest absolute Gasteiger partial charge is 0.324 e. The molecule has 1 N–H and O–H groups in total. The Balaban J connectivity index is 1.68. The van der Waals surface area contributed by atoms with Crippen LogP contribution in [0.3, 0.4) is 0 Å². The lowest BCUT2D eigenvalue weighted by Crippen LogP contribution is -2.48. The van der Waals surface area contributed by atoms with Gasteiger partial charge in [-0.1, -0.05) is 59.6 Å². The first-order valence-corrected chi connectivity index (χ1v) is 9.91. The number of benzene rings is 3. The van der Waals surface area contributed by atoms with Crippen molar-refractivity contribution < 1.29 is 14.4 Å². The third kappa shape index (κ3) is 3.84. The minimum absolute atomic E-state index is 0.206. The van der Waals surface area contributed by atoms with Gasteiger partial charge in [-0.15, -0.1) is 0 Å². The molecule has 6 heteroatoms. The predicted octanol–water partition coefficient (Wildman–Crippen LogP) is 4.49. The van der Waals surface area contributed by atoms with Gasteiger partial charge in [0.05, 0.1) is 11.1 Å². The molecular weight excluding hydrogens is 400 g/mol. The normalized spacial score (nSPS) is 13.9. The molecular formula is C24H19ClN2O3. The quantitative estimate of drug-likeness (QED) is 0.620. The van der Waals surface area contributed by atoms with E-state index in [4.69, 9.17) is 11.6 Å². The molecule has 5 nitrogen and oxygen atoms in total. The van der Waals surface area contributed by atoms with Crippen LogP contribution < -0.4 is 5.32 Å². The highest BCUT2D eigenvalue weighted by atomic mass is 35.5. The van der Waals surface area contributed by atoms with Crippen LogP contribution in [0.1, 0.15) is 31.8 Å². The molecule has 1 heterocycles. The number of halogens is 1. The highest BCUT2D eigenvalue weighted by Crippen LogP contribution is 2.27. The summed E-state index contributed by atoms with van der Waals surface area (Å²) in [5.74, 6) is -1.38. The lowest BCUT2D eigenvalue weighted by molar-refractivity contribution is -0.119. The van der Waals surface area contributed by atoms with Crippen molar-refractivity contribution in [3.63, 3.8) is 0 Å². The molecule has 150 valence electrons. The molecule has 0 radical (unpaired) electrons. The van der Waals surface area contributed by atoms with Gasteiger partial charge < -0.3 is 5.32 Å². The first-order chi connectivity index (χ1) is 14.4. The Morgan fingerprint density at radius 3 is 2.17 bits per heavy atom. The zero-order valence-corrected chi connectivity index (χ0v) is 17.0. The second kappa shape index (κ2) is 8.13. The Labute approximate surface area is 179 Å². The lowest BCUT2D eigenvalue weighted by atomic mass is 10.0. The maximum atomic E-state index is 13.2. The Hall–Kier alpha value is -3.44. The number of amides is 3. The van der Waals surface area contributed by atoms with Gasteiger partial charge in [-0.25, -0.2) is 0 Å². The van der Waals surface area contributed by atoms with E-state index < -0.39 is 23.8 Å². The Kier molecular flexibility index (Phi) is 5.38. The first kappa shape index (κ1) is 19.9. The summed E-state index contributed by atoms with van der Waals surface area (Å²) >= 11 is 6.02. The third-order valence-electron chi connectivity index (χ3n) is 5.08. The summed E-state index contributed by atoms with van der Waals surface area (Å²) in [6.45, 7) is 1.97. The van der Waals surface area contributed by atoms with Gasteiger partial charge in [-0.3, -0.25) is 19.3 Å². The van der Waals surface area contributed by atoms with Crippen LogP contribution in [0.4, 0.5) is 5.69 Å². The number of fused-ring (bicyclic) bond motifs is 1. The summed E-state index contributed by atoms with van der Waals surface area (Å²) in [5, 5.41) is 3.27. The number of hydrogen-bond acceptors (Lipinski definition) is 3. The van der Waals surface area contributed by atoms with E-state index in [0.717, 1.165) is 16.0 Å². The van der Waals surface area contributed by atoms with Crippen LogP contribution in [0.15, 0.2) is 72.8 Å². The van der Waals surface area contributed by atoms with Gasteiger partial charge in [-0.05, 0) is 42.8 Å². The van der Waals surface area contributed by atoms with E-state index in [0.29, 0.717) is 21.8 Å². The third-order valence-corrected chi connectivity index (χ3v) is 5.32. The van der Waals surface area contributed by atoms with Crippen LogP contribution in [0.5, 0.6) is 0 Å². The molecule has 4 rings (SSSR count). The molecule has 0 fully saturated rings. The van der Waals surface area contributed by atoms with E-state index in [9.17, 15) is 14.4 Å². The summed E-state index contributed by atoms with van der Waals surface area (Å²) < 4.78 is 0. The topological polar surface area (TPSA) is 66.5 Å². The number of imide groups is 1. The highest BCUT2D eigenvalue weighted by Gasteiger charge is 2.42. The van der Waals surface area contributed by atoms with Gasteiger partial charge in [0, 0.05) is 17.1 Å². The fourth-order valence-corrected chi connectivity index (χ4v) is 3.72. The standard InChI is InChI=1S/C24H19ClN2O3/c1-15-9-11-16(12-10-15)13-21(22(28)26-18-6-4-5-17(25)14-18)27-23(29)19-7-2-3-8-20(19)24(27)30/h2-12,14,21H,13H2,1H3,(H,26,28). The van der Waals surface area contributed by atoms with Crippen molar-refractivity contribution in [2.45, 2.75) is 19.4 Å². The summed E-state index contributed by atoms with van der Waals surface area (Å²) in [4.78, 5) is 40.3. The number of carbonyl (C=O) groups excluding carboxylic acids is 3. The molecule has 0 aromatic heterocycles. The van der Waals surface area contributed by atoms with Gasteiger partial charge in [0.15, 0.2) is 0 Å². The maximum absolute atomic E-state index is 13.2. The molecule has 0 bridgehead atoms. The van der Waals surface area contributed by atoms with Gasteiger partial charge in [0.2, 0.25) is 5.91 Å². The van der Waals surface area contributed by atoms with E-state index in [1.54, 1.807) is 48.5 Å². The Morgan fingerprint density at radius 2 is 1.57 bits per heavy atom. The second-order valence-electron chi connectivity index (χ2n) is 7.23. The zero-order valence-electron chi connectivity index (χ0n) is 16.3. The molecule has 0 aliphatic carbocycles. The van der Waals surface area contributed by atoms with Crippen molar-refractivity contribution in [3.8, 4) is 0 Å². The summed E-state index contributed by atoms with van der Waals surface area (Å²) in [6.07, 6.45) is 0.206. The molecule has 0 saturated carbocycles. The predicted molar refractivity (Wildman–Crippen MR) is 116 cm³/mol. The molecule has 0 spiro atoms. The Morgan fingerprint density at radius 1 is 0.933 bits per heavy atom. The van der Waals surface area contributed by atoms with Crippen LogP contribution in [0, 0.1) is 6.92 Å². The lowest BCUT2D eigenvalue weighted by Gasteiger charge is -2.25. The summed E-state index contributed by atoms with van der Waals surface area (Å²) in [7, 11) is 0. The number of nitrogens with one attached hydrogen (secondary N) is 1. The van der Waals surface area contributed by atoms with Gasteiger partial charge >= 0.3 is 0 Å². The van der Waals surface area contributed by atoms with Crippen LogP contribution in [-0.4, -0.2) is 28.7 Å². The molecule has 1 aliphatic heterocycles. The van der Waals surface area contributed by atoms with Crippen molar-refractivity contribution in [2.24, 2.45) is 0 Å². The van der Waals surface area contributed by atoms with Crippen LogP contribution in [0.2, 0.25) is 5.02 Å². The molecule has 1 atom stereocenters. The van der Waals surface area contributed by atoms with Crippen LogP contribution >= 0.6 is 11.6 Å². The smallest absolute Gasteiger partial charge is 0.262 e. The van der Waals surface area contributed by atoms with E-state index >= 15 is 0 Å². The summed E-state index contributed by atoms with van der Waals surface area (Å²) in [6, 6.07) is 20.0. The average Bonchev–Trinajstić information content (AvgIpc) is 2.98. The highest BCUT2D eigenvalue weighted by molar-refractivity contribution is 6.31. The molecule has 1 aliphatic rings. The minimum atomic E-state index is -1.00. The van der Waals surface area contributed by atoms with Crippen molar-refractivity contribution >= 4 is 35.0 Å². The van der Waals surface area contributed by atoms with Gasteiger partial charge in [0.1, 0.15) is 6.04 Å². The maximum Gasteiger partial charge on any atom is 0.262 e. The fourth-order valence-electron chi connectivity index (χ4n) is 3.53. The number of hydrogen-bond donors (Lipinski definition) is 1. The zero-order chi connectivity index (χ0) is 21.3. The molecule has 3 aromatic carbocycles. The van der Waals surface area contributed by atoms with E-state index in [1.165, 1.54) is 0 Å². The monoisotopic (exact) mass is 418 g/mol. The number of nitrogens with zero attached hydrogens (tertiary/aromatic N) is 1. The van der Waals surface area contributed by atoms with Crippen molar-refractivity contribution in [1.82, 2.24) is 4.90 Å². The first-order valence-electron chi connectivity index (χ1n) is 9.53. The number of aryl methyl sites for hydroxylation is 1. The average molecular weight is 419 g/mol. The van der Waals surface area contributed by atoms with E-state index in [-0.39, 0.29) is 6.42 Å². The van der Waals surface area contributed by atoms with Crippen molar-refractivity contribution in [1.29, 1.82) is 0 Å². The summed E-state index contributed by atoms with van der Waals surface area (Å²) in [5.41, 5.74) is 3.06.